The van der Waals surface area contributed by atoms with Crippen molar-refractivity contribution in [1.82, 2.24) is 15.0 Å². The number of anilines is 1. The Balaban J connectivity index is 1.62. The number of aromatic amines is 1. The van der Waals surface area contributed by atoms with Crippen LogP contribution in [0.15, 0.2) is 30.5 Å². The average Bonchev–Trinajstić information content (AvgIpc) is 3.49. The van der Waals surface area contributed by atoms with Crippen LogP contribution in [0.2, 0.25) is 5.02 Å². The number of hydrogen-bond acceptors (Lipinski definition) is 6. The molecule has 0 radical (unpaired) electrons. The topological polar surface area (TPSA) is 100 Å². The van der Waals surface area contributed by atoms with E-state index in [0.717, 1.165) is 29.3 Å². The third-order valence-corrected chi connectivity index (χ3v) is 5.25. The molecule has 2 aromatic heterocycles. The van der Waals surface area contributed by atoms with Crippen LogP contribution in [0.25, 0.3) is 10.9 Å². The number of aliphatic hydroxyl groups excluding tert-OH is 1. The number of methoxy groups -OCH3 is 1. The van der Waals surface area contributed by atoms with E-state index >= 15 is 0 Å². The quantitative estimate of drug-likeness (QED) is 0.526. The second-order valence-corrected chi connectivity index (χ2v) is 7.32. The van der Waals surface area contributed by atoms with E-state index in [1.54, 1.807) is 0 Å². The maximum absolute atomic E-state index is 12.1. The summed E-state index contributed by atoms with van der Waals surface area (Å²) in [5.74, 6) is 0.561. The van der Waals surface area contributed by atoms with Crippen molar-refractivity contribution in [3.05, 3.63) is 52.6 Å². The third kappa shape index (κ3) is 3.68. The van der Waals surface area contributed by atoms with Gasteiger partial charge in [0.15, 0.2) is 5.69 Å². The number of halogens is 1. The van der Waals surface area contributed by atoms with Crippen LogP contribution in [0.1, 0.15) is 40.6 Å². The van der Waals surface area contributed by atoms with Crippen molar-refractivity contribution in [2.45, 2.75) is 31.2 Å². The average molecular weight is 401 g/mol. The molecule has 0 amide bonds. The van der Waals surface area contributed by atoms with Crippen molar-refractivity contribution in [1.29, 1.82) is 0 Å². The lowest BCUT2D eigenvalue weighted by Gasteiger charge is -2.19. The number of aliphatic hydroxyl groups is 1. The highest BCUT2D eigenvalue weighted by Crippen LogP contribution is 2.40. The molecule has 0 saturated heterocycles. The van der Waals surface area contributed by atoms with Gasteiger partial charge in [-0.3, -0.25) is 0 Å². The van der Waals surface area contributed by atoms with Crippen LogP contribution in [0, 0.1) is 0 Å². The molecule has 0 unspecified atom stereocenters. The lowest BCUT2D eigenvalue weighted by molar-refractivity contribution is 0.0593. The summed E-state index contributed by atoms with van der Waals surface area (Å²) in [6.07, 6.45) is 4.47. The number of carbonyl (C=O) groups is 1. The summed E-state index contributed by atoms with van der Waals surface area (Å²) in [6.45, 7) is -0.119. The van der Waals surface area contributed by atoms with Gasteiger partial charge in [0.2, 0.25) is 0 Å². The highest BCUT2D eigenvalue weighted by molar-refractivity contribution is 6.35. The van der Waals surface area contributed by atoms with E-state index < -0.39 is 5.97 Å². The number of nitrogens with one attached hydrogen (secondary N) is 2. The predicted octanol–water partition coefficient (Wildman–Crippen LogP) is 3.29. The van der Waals surface area contributed by atoms with Gasteiger partial charge in [-0.2, -0.15) is 0 Å². The van der Waals surface area contributed by atoms with Crippen molar-refractivity contribution in [2.75, 3.05) is 19.0 Å². The van der Waals surface area contributed by atoms with E-state index in [1.165, 1.54) is 7.11 Å². The Kier molecular flexibility index (Phi) is 5.19. The number of rotatable bonds is 7. The van der Waals surface area contributed by atoms with Gasteiger partial charge in [0.25, 0.3) is 0 Å². The maximum Gasteiger partial charge on any atom is 0.358 e. The molecular weight excluding hydrogens is 380 g/mol. The Bertz CT molecular complexity index is 1020. The first-order chi connectivity index (χ1) is 13.6. The molecule has 28 heavy (non-hydrogen) atoms. The zero-order valence-electron chi connectivity index (χ0n) is 15.4. The van der Waals surface area contributed by atoms with Crippen LogP contribution in [-0.4, -0.2) is 45.8 Å². The maximum atomic E-state index is 12.1. The monoisotopic (exact) mass is 400 g/mol. The van der Waals surface area contributed by atoms with Gasteiger partial charge in [-0.05, 0) is 30.9 Å². The molecule has 146 valence electrons. The van der Waals surface area contributed by atoms with E-state index in [-0.39, 0.29) is 29.3 Å². The number of nitrogens with zero attached hydrogens (tertiary/aromatic N) is 2. The molecule has 7 nitrogen and oxygen atoms in total. The number of para-hydroxylation sites is 1. The van der Waals surface area contributed by atoms with Crippen LogP contribution in [0.5, 0.6) is 0 Å². The Hall–Kier alpha value is -2.64. The second-order valence-electron chi connectivity index (χ2n) is 6.95. The molecule has 2 heterocycles. The van der Waals surface area contributed by atoms with E-state index in [1.807, 2.05) is 30.5 Å². The van der Waals surface area contributed by atoms with Gasteiger partial charge in [0.1, 0.15) is 16.7 Å². The Morgan fingerprint density at radius 2 is 2.18 bits per heavy atom. The van der Waals surface area contributed by atoms with E-state index in [0.29, 0.717) is 18.1 Å². The van der Waals surface area contributed by atoms with Gasteiger partial charge in [-0.1, -0.05) is 29.8 Å². The van der Waals surface area contributed by atoms with Crippen LogP contribution >= 0.6 is 11.6 Å². The summed E-state index contributed by atoms with van der Waals surface area (Å²) < 4.78 is 4.80. The minimum absolute atomic E-state index is 0.0485. The Labute approximate surface area is 167 Å². The zero-order chi connectivity index (χ0) is 19.7. The first kappa shape index (κ1) is 18.7. The second kappa shape index (κ2) is 7.77. The molecule has 3 aromatic rings. The van der Waals surface area contributed by atoms with Crippen molar-refractivity contribution < 1.29 is 14.6 Å². The number of ether oxygens (including phenoxy) is 1. The van der Waals surface area contributed by atoms with Gasteiger partial charge >= 0.3 is 5.97 Å². The van der Waals surface area contributed by atoms with Gasteiger partial charge < -0.3 is 20.1 Å². The SMILES string of the molecule is COC(=O)c1nc(C2CC2)nc(N[C@H](CO)Cc2c[nH]c3ccccc23)c1Cl. The molecule has 0 aliphatic heterocycles. The summed E-state index contributed by atoms with van der Waals surface area (Å²) in [6, 6.07) is 7.66. The Morgan fingerprint density at radius 1 is 1.39 bits per heavy atom. The molecule has 1 aliphatic rings. The minimum atomic E-state index is -0.602. The van der Waals surface area contributed by atoms with E-state index in [2.05, 4.69) is 20.3 Å². The zero-order valence-corrected chi connectivity index (χ0v) is 16.2. The fourth-order valence-electron chi connectivity index (χ4n) is 3.24. The molecule has 4 rings (SSSR count). The summed E-state index contributed by atoms with van der Waals surface area (Å²) >= 11 is 6.38. The molecule has 1 fully saturated rings. The molecule has 8 heteroatoms. The number of carbonyl (C=O) groups excluding carboxylic acids is 1. The molecular formula is C20H21ClN4O3. The number of hydrogen-bond donors (Lipinski definition) is 3. The fraction of sp³-hybridized carbons (Fsp3) is 0.350. The third-order valence-electron chi connectivity index (χ3n) is 4.89. The van der Waals surface area contributed by atoms with E-state index in [9.17, 15) is 9.90 Å². The molecule has 1 aliphatic carbocycles. The van der Waals surface area contributed by atoms with Crippen LogP contribution < -0.4 is 5.32 Å². The van der Waals surface area contributed by atoms with Gasteiger partial charge in [0, 0.05) is 23.0 Å². The summed E-state index contributed by atoms with van der Waals surface area (Å²) in [7, 11) is 1.29. The lowest BCUT2D eigenvalue weighted by atomic mass is 10.1. The number of fused-ring (bicyclic) bond motifs is 1. The number of aromatic nitrogens is 3. The fourth-order valence-corrected chi connectivity index (χ4v) is 3.45. The number of H-pyrrole nitrogens is 1. The van der Waals surface area contributed by atoms with Crippen molar-refractivity contribution in [3.63, 3.8) is 0 Å². The van der Waals surface area contributed by atoms with Crippen LogP contribution in [-0.2, 0) is 11.2 Å². The molecule has 1 saturated carbocycles. The standard InChI is InChI=1S/C20H21ClN4O3/c1-28-20(27)17-16(21)19(25-18(24-17)11-6-7-11)23-13(10-26)8-12-9-22-15-5-3-2-4-14(12)15/h2-5,9,11,13,22,26H,6-8,10H2,1H3,(H,23,24,25)/t13-/m0/s1. The first-order valence-electron chi connectivity index (χ1n) is 9.18. The molecule has 0 spiro atoms. The van der Waals surface area contributed by atoms with Crippen molar-refractivity contribution in [3.8, 4) is 0 Å². The van der Waals surface area contributed by atoms with Crippen LogP contribution in [0.4, 0.5) is 5.82 Å². The predicted molar refractivity (Wildman–Crippen MR) is 107 cm³/mol. The number of esters is 1. The van der Waals surface area contributed by atoms with Crippen molar-refractivity contribution >= 4 is 34.3 Å². The number of benzene rings is 1. The van der Waals surface area contributed by atoms with Gasteiger partial charge in [0.05, 0.1) is 19.8 Å². The minimum Gasteiger partial charge on any atom is -0.464 e. The van der Waals surface area contributed by atoms with E-state index in [4.69, 9.17) is 16.3 Å². The Morgan fingerprint density at radius 3 is 2.89 bits per heavy atom. The molecule has 1 atom stereocenters. The molecule has 3 N–H and O–H groups in total. The van der Waals surface area contributed by atoms with Gasteiger partial charge in [-0.25, -0.2) is 14.8 Å². The van der Waals surface area contributed by atoms with Crippen molar-refractivity contribution in [2.24, 2.45) is 0 Å². The van der Waals surface area contributed by atoms with Crippen LogP contribution in [0.3, 0.4) is 0 Å². The normalized spacial score (nSPS) is 14.8. The highest BCUT2D eigenvalue weighted by Gasteiger charge is 2.30. The first-order valence-corrected chi connectivity index (χ1v) is 9.56. The molecule has 0 bridgehead atoms. The summed E-state index contributed by atoms with van der Waals surface area (Å²) in [5.41, 5.74) is 2.16. The van der Waals surface area contributed by atoms with Gasteiger partial charge in [-0.15, -0.1) is 0 Å². The lowest BCUT2D eigenvalue weighted by Crippen LogP contribution is -2.27. The molecule has 1 aromatic carbocycles. The highest BCUT2D eigenvalue weighted by atomic mass is 35.5. The largest absolute Gasteiger partial charge is 0.464 e. The smallest absolute Gasteiger partial charge is 0.358 e. The summed E-state index contributed by atoms with van der Waals surface area (Å²) in [4.78, 5) is 24.1. The summed E-state index contributed by atoms with van der Waals surface area (Å²) in [5, 5.41) is 14.3.